The molecule has 0 unspecified atom stereocenters. The van der Waals surface area contributed by atoms with Gasteiger partial charge in [-0.05, 0) is 61.1 Å². The molecule has 1 aromatic heterocycles. The van der Waals surface area contributed by atoms with Gasteiger partial charge in [-0.1, -0.05) is 51.8 Å². The molecule has 2 N–H and O–H groups in total. The fourth-order valence-corrected chi connectivity index (χ4v) is 2.73. The average molecular weight is 366 g/mol. The summed E-state index contributed by atoms with van der Waals surface area (Å²) >= 11 is 0. The number of aromatic nitrogens is 1. The van der Waals surface area contributed by atoms with Crippen molar-refractivity contribution < 1.29 is 0 Å². The lowest BCUT2D eigenvalue weighted by molar-refractivity contribution is 0.717. The monoisotopic (exact) mass is 365 g/mol. The van der Waals surface area contributed by atoms with E-state index in [2.05, 4.69) is 49.0 Å². The van der Waals surface area contributed by atoms with Crippen LogP contribution in [0.4, 0.5) is 5.69 Å². The van der Waals surface area contributed by atoms with Crippen molar-refractivity contribution in [3.63, 3.8) is 0 Å². The van der Waals surface area contributed by atoms with E-state index >= 15 is 0 Å². The van der Waals surface area contributed by atoms with Crippen molar-refractivity contribution in [2.24, 2.45) is 10.9 Å². The average Bonchev–Trinajstić information content (AvgIpc) is 2.62. The maximum atomic E-state index is 5.46. The highest BCUT2D eigenvalue weighted by molar-refractivity contribution is 6.09. The molecule has 0 saturated carbocycles. The SMILES string of the molecule is CCCCCc1ccnc(/C(C=NC)=C/C(C)C)c1.Cc1cccc(N)c1. The lowest BCUT2D eigenvalue weighted by Crippen LogP contribution is -1.96. The highest BCUT2D eigenvalue weighted by atomic mass is 14.7. The summed E-state index contributed by atoms with van der Waals surface area (Å²) in [5, 5.41) is 0. The van der Waals surface area contributed by atoms with E-state index in [9.17, 15) is 0 Å². The van der Waals surface area contributed by atoms with Crippen LogP contribution in [-0.4, -0.2) is 18.2 Å². The minimum absolute atomic E-state index is 0.499. The third-order valence-corrected chi connectivity index (χ3v) is 4.01. The van der Waals surface area contributed by atoms with Crippen LogP contribution in [0, 0.1) is 12.8 Å². The Hall–Kier alpha value is -2.42. The molecule has 3 nitrogen and oxygen atoms in total. The number of rotatable bonds is 7. The number of pyridine rings is 1. The summed E-state index contributed by atoms with van der Waals surface area (Å²) in [6.45, 7) is 8.61. The van der Waals surface area contributed by atoms with E-state index < -0.39 is 0 Å². The van der Waals surface area contributed by atoms with Gasteiger partial charge in [-0.15, -0.1) is 0 Å². The van der Waals surface area contributed by atoms with Gasteiger partial charge in [0.25, 0.3) is 0 Å². The quantitative estimate of drug-likeness (QED) is 0.364. The minimum Gasteiger partial charge on any atom is -0.399 e. The van der Waals surface area contributed by atoms with Crippen molar-refractivity contribution >= 4 is 17.5 Å². The van der Waals surface area contributed by atoms with Crippen LogP contribution in [-0.2, 0) is 6.42 Å². The van der Waals surface area contributed by atoms with Crippen LogP contribution in [0.5, 0.6) is 0 Å². The van der Waals surface area contributed by atoms with Crippen molar-refractivity contribution in [1.29, 1.82) is 0 Å². The first kappa shape index (κ1) is 22.6. The van der Waals surface area contributed by atoms with Gasteiger partial charge in [0.2, 0.25) is 0 Å². The van der Waals surface area contributed by atoms with Gasteiger partial charge < -0.3 is 5.73 Å². The van der Waals surface area contributed by atoms with E-state index in [0.717, 1.165) is 23.4 Å². The van der Waals surface area contributed by atoms with Crippen molar-refractivity contribution in [2.45, 2.75) is 53.4 Å². The van der Waals surface area contributed by atoms with Gasteiger partial charge in [-0.2, -0.15) is 0 Å². The van der Waals surface area contributed by atoms with Gasteiger partial charge in [-0.3, -0.25) is 9.98 Å². The molecule has 0 aliphatic rings. The van der Waals surface area contributed by atoms with Crippen LogP contribution in [0.1, 0.15) is 56.9 Å². The molecule has 0 atom stereocenters. The summed E-state index contributed by atoms with van der Waals surface area (Å²) in [4.78, 5) is 8.62. The summed E-state index contributed by atoms with van der Waals surface area (Å²) in [6, 6.07) is 12.1. The van der Waals surface area contributed by atoms with Crippen LogP contribution < -0.4 is 5.73 Å². The summed E-state index contributed by atoms with van der Waals surface area (Å²) in [5.74, 6) is 0.499. The number of aliphatic imine (C=N–C) groups is 1. The Labute approximate surface area is 165 Å². The normalized spacial score (nSPS) is 11.6. The number of benzene rings is 1. The molecular weight excluding hydrogens is 330 g/mol. The molecule has 0 radical (unpaired) electrons. The zero-order valence-corrected chi connectivity index (χ0v) is 17.6. The number of allylic oxidation sites excluding steroid dienone is 2. The number of nitrogen functional groups attached to an aromatic ring is 1. The van der Waals surface area contributed by atoms with Gasteiger partial charge in [0.1, 0.15) is 0 Å². The summed E-state index contributed by atoms with van der Waals surface area (Å²) in [7, 11) is 1.80. The number of nitrogens with zero attached hydrogens (tertiary/aromatic N) is 2. The molecule has 3 heteroatoms. The molecule has 0 aliphatic carbocycles. The molecule has 0 saturated heterocycles. The third kappa shape index (κ3) is 9.74. The lowest BCUT2D eigenvalue weighted by atomic mass is 10.0. The first-order valence-corrected chi connectivity index (χ1v) is 9.87. The molecule has 2 rings (SSSR count). The summed E-state index contributed by atoms with van der Waals surface area (Å²) < 4.78 is 0. The molecular formula is C24H35N3. The highest BCUT2D eigenvalue weighted by Gasteiger charge is 2.03. The standard InChI is InChI=1S/C17H26N2.C7H9N/c1-5-6-7-8-15-9-10-19-17(12-15)16(13-18-4)11-14(2)3;1-6-3-2-4-7(8)5-6/h9-14H,5-8H2,1-4H3;2-5H,8H2,1H3/b16-11+,18-13?;. The van der Waals surface area contributed by atoms with Crippen molar-refractivity contribution in [3.05, 3.63) is 65.5 Å². The fourth-order valence-electron chi connectivity index (χ4n) is 2.73. The number of nitrogens with two attached hydrogens (primary N) is 1. The van der Waals surface area contributed by atoms with E-state index in [-0.39, 0.29) is 0 Å². The van der Waals surface area contributed by atoms with Gasteiger partial charge in [0, 0.05) is 30.7 Å². The second-order valence-corrected chi connectivity index (χ2v) is 7.17. The minimum atomic E-state index is 0.499. The van der Waals surface area contributed by atoms with Crippen LogP contribution in [0.2, 0.25) is 0 Å². The first-order chi connectivity index (χ1) is 13.0. The Morgan fingerprint density at radius 2 is 1.96 bits per heavy atom. The lowest BCUT2D eigenvalue weighted by Gasteiger charge is -2.06. The van der Waals surface area contributed by atoms with Crippen LogP contribution in [0.3, 0.4) is 0 Å². The molecule has 0 aliphatic heterocycles. The summed E-state index contributed by atoms with van der Waals surface area (Å²) in [5.41, 5.74) is 11.0. The predicted octanol–water partition coefficient (Wildman–Crippen LogP) is 6.13. The third-order valence-electron chi connectivity index (χ3n) is 4.01. The van der Waals surface area contributed by atoms with E-state index in [1.54, 1.807) is 7.05 Å². The zero-order chi connectivity index (χ0) is 20.1. The Bertz CT molecular complexity index is 713. The number of unbranched alkanes of at least 4 members (excludes halogenated alkanes) is 2. The highest BCUT2D eigenvalue weighted by Crippen LogP contribution is 2.16. The van der Waals surface area contributed by atoms with Crippen molar-refractivity contribution in [3.8, 4) is 0 Å². The van der Waals surface area contributed by atoms with Crippen molar-refractivity contribution in [1.82, 2.24) is 4.98 Å². The van der Waals surface area contributed by atoms with E-state index in [4.69, 9.17) is 5.73 Å². The molecule has 0 spiro atoms. The summed E-state index contributed by atoms with van der Waals surface area (Å²) in [6.07, 6.45) is 11.0. The molecule has 1 aromatic carbocycles. The number of aryl methyl sites for hydroxylation is 2. The van der Waals surface area contributed by atoms with Crippen LogP contribution in [0.15, 0.2) is 53.7 Å². The van der Waals surface area contributed by atoms with E-state index in [1.165, 1.54) is 30.4 Å². The molecule has 146 valence electrons. The van der Waals surface area contributed by atoms with Gasteiger partial charge in [0.05, 0.1) is 5.69 Å². The Balaban J connectivity index is 0.000000377. The van der Waals surface area contributed by atoms with Crippen molar-refractivity contribution in [2.75, 3.05) is 12.8 Å². The molecule has 27 heavy (non-hydrogen) atoms. The van der Waals surface area contributed by atoms with Crippen LogP contribution in [0.25, 0.3) is 5.57 Å². The maximum Gasteiger partial charge on any atom is 0.0716 e. The van der Waals surface area contributed by atoms with Gasteiger partial charge in [0.15, 0.2) is 0 Å². The zero-order valence-electron chi connectivity index (χ0n) is 17.6. The van der Waals surface area contributed by atoms with E-state index in [1.807, 2.05) is 43.6 Å². The van der Waals surface area contributed by atoms with Gasteiger partial charge in [-0.25, -0.2) is 0 Å². The first-order valence-electron chi connectivity index (χ1n) is 9.87. The molecule has 0 bridgehead atoms. The molecule has 2 aromatic rings. The molecule has 0 amide bonds. The molecule has 0 fully saturated rings. The second kappa shape index (κ2) is 12.9. The Morgan fingerprint density at radius 1 is 1.19 bits per heavy atom. The fraction of sp³-hybridized carbons (Fsp3) is 0.417. The van der Waals surface area contributed by atoms with Crippen LogP contribution >= 0.6 is 0 Å². The Morgan fingerprint density at radius 3 is 2.52 bits per heavy atom. The number of hydrogen-bond donors (Lipinski definition) is 1. The van der Waals surface area contributed by atoms with Gasteiger partial charge >= 0.3 is 0 Å². The second-order valence-electron chi connectivity index (χ2n) is 7.17. The predicted molar refractivity (Wildman–Crippen MR) is 120 cm³/mol. The smallest absolute Gasteiger partial charge is 0.0716 e. The number of hydrogen-bond acceptors (Lipinski definition) is 3. The Kier molecular flexibility index (Phi) is 10.8. The van der Waals surface area contributed by atoms with E-state index in [0.29, 0.717) is 5.92 Å². The topological polar surface area (TPSA) is 51.3 Å². The molecule has 1 heterocycles. The largest absolute Gasteiger partial charge is 0.399 e. The number of anilines is 1. The maximum absolute atomic E-state index is 5.46.